The van der Waals surface area contributed by atoms with E-state index in [1.54, 1.807) is 30.7 Å². The number of aromatic nitrogens is 2. The molecule has 2 aromatic carbocycles. The molecule has 154 valence electrons. The highest BCUT2D eigenvalue weighted by molar-refractivity contribution is 6.07. The molecule has 0 radical (unpaired) electrons. The van der Waals surface area contributed by atoms with Crippen LogP contribution in [0.5, 0.6) is 11.6 Å². The average molecular weight is 411 g/mol. The molecule has 0 unspecified atom stereocenters. The van der Waals surface area contributed by atoms with Gasteiger partial charge in [0.2, 0.25) is 5.88 Å². The van der Waals surface area contributed by atoms with Gasteiger partial charge >= 0.3 is 0 Å². The summed E-state index contributed by atoms with van der Waals surface area (Å²) < 4.78 is 11.3. The fraction of sp³-hybridized carbons (Fsp3) is 0.0800. The molecule has 2 aromatic heterocycles. The van der Waals surface area contributed by atoms with Gasteiger partial charge in [0.15, 0.2) is 0 Å². The predicted molar refractivity (Wildman–Crippen MR) is 119 cm³/mol. The van der Waals surface area contributed by atoms with Crippen molar-refractivity contribution in [3.05, 3.63) is 103 Å². The van der Waals surface area contributed by atoms with Crippen LogP contribution in [0.4, 0.5) is 5.69 Å². The first-order valence-corrected chi connectivity index (χ1v) is 9.76. The largest absolute Gasteiger partial charge is 0.488 e. The van der Waals surface area contributed by atoms with Gasteiger partial charge in [-0.1, -0.05) is 36.4 Å². The minimum Gasteiger partial charge on any atom is -0.488 e. The van der Waals surface area contributed by atoms with Gasteiger partial charge < -0.3 is 14.8 Å². The Hall–Kier alpha value is -4.19. The Morgan fingerprint density at radius 2 is 1.71 bits per heavy atom. The minimum absolute atomic E-state index is 0.315. The third-order valence-electron chi connectivity index (χ3n) is 4.69. The van der Waals surface area contributed by atoms with Gasteiger partial charge in [0.05, 0.1) is 12.7 Å². The molecule has 4 aromatic rings. The van der Waals surface area contributed by atoms with E-state index >= 15 is 0 Å². The van der Waals surface area contributed by atoms with E-state index in [1.807, 2.05) is 60.7 Å². The SMILES string of the molecule is COc1ncccc1NC(=O)c1cc(-c2ccncc2)ccc1OCc1ccccc1. The third kappa shape index (κ3) is 4.87. The van der Waals surface area contributed by atoms with Crippen LogP contribution in [0, 0.1) is 0 Å². The Bertz CT molecular complexity index is 1170. The lowest BCUT2D eigenvalue weighted by Crippen LogP contribution is -2.15. The molecule has 2 heterocycles. The maximum atomic E-state index is 13.2. The van der Waals surface area contributed by atoms with Crippen LogP contribution in [0.1, 0.15) is 15.9 Å². The molecule has 4 rings (SSSR count). The normalized spacial score (nSPS) is 10.4. The summed E-state index contributed by atoms with van der Waals surface area (Å²) in [6, 6.07) is 22.6. The van der Waals surface area contributed by atoms with Crippen molar-refractivity contribution in [2.75, 3.05) is 12.4 Å². The summed E-state index contributed by atoms with van der Waals surface area (Å²) in [5, 5.41) is 2.88. The van der Waals surface area contributed by atoms with E-state index in [2.05, 4.69) is 15.3 Å². The maximum absolute atomic E-state index is 13.2. The topological polar surface area (TPSA) is 73.3 Å². The Morgan fingerprint density at radius 3 is 2.48 bits per heavy atom. The van der Waals surface area contributed by atoms with Crippen LogP contribution in [0.2, 0.25) is 0 Å². The molecule has 1 amide bonds. The predicted octanol–water partition coefficient (Wildman–Crippen LogP) is 4.98. The molecule has 0 fully saturated rings. The van der Waals surface area contributed by atoms with E-state index in [0.29, 0.717) is 29.5 Å². The van der Waals surface area contributed by atoms with Gasteiger partial charge in [-0.3, -0.25) is 9.78 Å². The zero-order chi connectivity index (χ0) is 21.5. The second-order valence-electron chi connectivity index (χ2n) is 6.74. The fourth-order valence-corrected chi connectivity index (χ4v) is 3.13. The van der Waals surface area contributed by atoms with Gasteiger partial charge in [-0.15, -0.1) is 0 Å². The summed E-state index contributed by atoms with van der Waals surface area (Å²) in [5.74, 6) is 0.514. The average Bonchev–Trinajstić information content (AvgIpc) is 2.84. The van der Waals surface area contributed by atoms with Gasteiger partial charge in [-0.05, 0) is 53.1 Å². The molecule has 6 heteroatoms. The van der Waals surface area contributed by atoms with Gasteiger partial charge in [-0.2, -0.15) is 0 Å². The number of methoxy groups -OCH3 is 1. The van der Waals surface area contributed by atoms with E-state index in [4.69, 9.17) is 9.47 Å². The number of benzene rings is 2. The van der Waals surface area contributed by atoms with E-state index in [9.17, 15) is 4.79 Å². The van der Waals surface area contributed by atoms with Crippen molar-refractivity contribution in [1.29, 1.82) is 0 Å². The maximum Gasteiger partial charge on any atom is 0.259 e. The van der Waals surface area contributed by atoms with Crippen LogP contribution in [0.25, 0.3) is 11.1 Å². The second-order valence-corrected chi connectivity index (χ2v) is 6.74. The standard InChI is InChI=1S/C25H21N3O3/c1-30-25-22(8-5-13-27-25)28-24(29)21-16-20(19-11-14-26-15-12-19)9-10-23(21)31-17-18-6-3-2-4-7-18/h2-16H,17H2,1H3,(H,28,29). The number of hydrogen-bond acceptors (Lipinski definition) is 5. The fourth-order valence-electron chi connectivity index (χ4n) is 3.13. The van der Waals surface area contributed by atoms with E-state index in [1.165, 1.54) is 7.11 Å². The van der Waals surface area contributed by atoms with Crippen LogP contribution in [-0.2, 0) is 6.61 Å². The number of carbonyl (C=O) groups excluding carboxylic acids is 1. The van der Waals surface area contributed by atoms with Gasteiger partial charge in [0.25, 0.3) is 5.91 Å². The molecular formula is C25H21N3O3. The van der Waals surface area contributed by atoms with Crippen molar-refractivity contribution in [2.45, 2.75) is 6.61 Å². The first-order chi connectivity index (χ1) is 15.2. The van der Waals surface area contributed by atoms with Gasteiger partial charge in [0, 0.05) is 18.6 Å². The molecule has 31 heavy (non-hydrogen) atoms. The number of hydrogen-bond donors (Lipinski definition) is 1. The number of rotatable bonds is 7. The van der Waals surface area contributed by atoms with Crippen LogP contribution in [-0.4, -0.2) is 23.0 Å². The lowest BCUT2D eigenvalue weighted by molar-refractivity contribution is 0.102. The molecule has 0 atom stereocenters. The first kappa shape index (κ1) is 20.1. The highest BCUT2D eigenvalue weighted by Gasteiger charge is 2.17. The van der Waals surface area contributed by atoms with Crippen molar-refractivity contribution in [2.24, 2.45) is 0 Å². The summed E-state index contributed by atoms with van der Waals surface area (Å²) >= 11 is 0. The molecule has 1 N–H and O–H groups in total. The van der Waals surface area contributed by atoms with Crippen molar-refractivity contribution in [3.8, 4) is 22.8 Å². The Kier molecular flexibility index (Phi) is 6.18. The number of carbonyl (C=O) groups is 1. The summed E-state index contributed by atoms with van der Waals surface area (Å²) in [6.07, 6.45) is 5.04. The lowest BCUT2D eigenvalue weighted by Gasteiger charge is -2.14. The van der Waals surface area contributed by atoms with Crippen LogP contribution in [0.3, 0.4) is 0 Å². The van der Waals surface area contributed by atoms with Crippen molar-refractivity contribution in [3.63, 3.8) is 0 Å². The highest BCUT2D eigenvalue weighted by atomic mass is 16.5. The molecule has 0 bridgehead atoms. The van der Waals surface area contributed by atoms with Crippen LogP contribution in [0.15, 0.2) is 91.4 Å². The Morgan fingerprint density at radius 1 is 0.903 bits per heavy atom. The summed E-state index contributed by atoms with van der Waals surface area (Å²) in [4.78, 5) is 21.4. The lowest BCUT2D eigenvalue weighted by atomic mass is 10.0. The van der Waals surface area contributed by atoms with Crippen molar-refractivity contribution < 1.29 is 14.3 Å². The highest BCUT2D eigenvalue weighted by Crippen LogP contribution is 2.29. The van der Waals surface area contributed by atoms with Crippen molar-refractivity contribution in [1.82, 2.24) is 9.97 Å². The van der Waals surface area contributed by atoms with Gasteiger partial charge in [0.1, 0.15) is 18.0 Å². The number of amides is 1. The molecule has 0 saturated carbocycles. The molecule has 0 aliphatic rings. The smallest absolute Gasteiger partial charge is 0.259 e. The van der Waals surface area contributed by atoms with Crippen molar-refractivity contribution >= 4 is 11.6 Å². The molecular weight excluding hydrogens is 390 g/mol. The number of anilines is 1. The summed E-state index contributed by atoms with van der Waals surface area (Å²) in [7, 11) is 1.51. The zero-order valence-electron chi connectivity index (χ0n) is 17.0. The van der Waals surface area contributed by atoms with Gasteiger partial charge in [-0.25, -0.2) is 4.98 Å². The number of pyridine rings is 2. The summed E-state index contributed by atoms with van der Waals surface area (Å²) in [6.45, 7) is 0.353. The summed E-state index contributed by atoms with van der Waals surface area (Å²) in [5.41, 5.74) is 3.76. The van der Waals surface area contributed by atoms with Crippen LogP contribution < -0.4 is 14.8 Å². The van der Waals surface area contributed by atoms with E-state index in [-0.39, 0.29) is 5.91 Å². The molecule has 0 aliphatic carbocycles. The Labute approximate surface area is 180 Å². The van der Waals surface area contributed by atoms with E-state index in [0.717, 1.165) is 16.7 Å². The Balaban J connectivity index is 1.66. The molecule has 0 aliphatic heterocycles. The first-order valence-electron chi connectivity index (χ1n) is 9.76. The minimum atomic E-state index is -0.315. The van der Waals surface area contributed by atoms with E-state index < -0.39 is 0 Å². The third-order valence-corrected chi connectivity index (χ3v) is 4.69. The number of nitrogens with one attached hydrogen (secondary N) is 1. The monoisotopic (exact) mass is 411 g/mol. The zero-order valence-corrected chi connectivity index (χ0v) is 17.0. The second kappa shape index (κ2) is 9.54. The number of ether oxygens (including phenoxy) is 2. The quantitative estimate of drug-likeness (QED) is 0.464. The number of nitrogens with zero attached hydrogens (tertiary/aromatic N) is 2. The molecule has 0 spiro atoms. The molecule has 6 nitrogen and oxygen atoms in total. The van der Waals surface area contributed by atoms with Crippen LogP contribution >= 0.6 is 0 Å². The molecule has 0 saturated heterocycles.